The fraction of sp³-hybridized carbons (Fsp3) is 0.316. The topological polar surface area (TPSA) is 32.3 Å². The maximum atomic E-state index is 12.5. The molecule has 1 heterocycles. The van der Waals surface area contributed by atoms with Gasteiger partial charge in [-0.3, -0.25) is 4.79 Å². The van der Waals surface area contributed by atoms with Crippen molar-refractivity contribution < 1.29 is 4.79 Å². The van der Waals surface area contributed by atoms with Crippen molar-refractivity contribution in [1.29, 1.82) is 0 Å². The summed E-state index contributed by atoms with van der Waals surface area (Å²) in [6.07, 6.45) is 1.49. The Morgan fingerprint density at radius 2 is 1.86 bits per heavy atom. The van der Waals surface area contributed by atoms with Gasteiger partial charge >= 0.3 is 0 Å². The van der Waals surface area contributed by atoms with E-state index >= 15 is 0 Å². The Balaban J connectivity index is 1.52. The number of hydrogen-bond donors (Lipinski definition) is 1. The van der Waals surface area contributed by atoms with Gasteiger partial charge in [-0.25, -0.2) is 0 Å². The fourth-order valence-corrected chi connectivity index (χ4v) is 3.09. The molecule has 2 aromatic carbocycles. The molecule has 22 heavy (non-hydrogen) atoms. The largest absolute Gasteiger partial charge is 0.312 e. The monoisotopic (exact) mass is 294 g/mol. The highest BCUT2D eigenvalue weighted by atomic mass is 16.2. The van der Waals surface area contributed by atoms with Gasteiger partial charge in [0.05, 0.1) is 0 Å². The number of hydrogen-bond acceptors (Lipinski definition) is 2. The van der Waals surface area contributed by atoms with Crippen LogP contribution in [0.3, 0.4) is 0 Å². The number of rotatable bonds is 5. The smallest absolute Gasteiger partial charge is 0.228 e. The maximum Gasteiger partial charge on any atom is 0.228 e. The van der Waals surface area contributed by atoms with Crippen LogP contribution < -0.4 is 10.2 Å². The number of para-hydroxylation sites is 1. The summed E-state index contributed by atoms with van der Waals surface area (Å²) >= 11 is 0. The quantitative estimate of drug-likeness (QED) is 0.859. The van der Waals surface area contributed by atoms with Crippen molar-refractivity contribution in [2.45, 2.75) is 32.4 Å². The molecule has 1 aliphatic heterocycles. The lowest BCUT2D eigenvalue weighted by atomic mass is 10.1. The van der Waals surface area contributed by atoms with Gasteiger partial charge in [-0.1, -0.05) is 48.5 Å². The van der Waals surface area contributed by atoms with E-state index in [9.17, 15) is 4.79 Å². The molecule has 0 radical (unpaired) electrons. The van der Waals surface area contributed by atoms with E-state index in [0.717, 1.165) is 18.7 Å². The molecule has 1 amide bonds. The average molecular weight is 294 g/mol. The first-order valence-corrected chi connectivity index (χ1v) is 7.90. The molecule has 0 saturated carbocycles. The number of fused-ring (bicyclic) bond motifs is 1. The van der Waals surface area contributed by atoms with E-state index in [-0.39, 0.29) is 11.9 Å². The molecular weight excluding hydrogens is 272 g/mol. The molecule has 0 spiro atoms. The van der Waals surface area contributed by atoms with Crippen molar-refractivity contribution in [3.05, 3.63) is 65.7 Å². The Morgan fingerprint density at radius 1 is 1.14 bits per heavy atom. The average Bonchev–Trinajstić information content (AvgIpc) is 2.88. The van der Waals surface area contributed by atoms with Crippen LogP contribution in [-0.4, -0.2) is 18.5 Å². The van der Waals surface area contributed by atoms with Crippen molar-refractivity contribution in [1.82, 2.24) is 5.32 Å². The molecule has 0 fully saturated rings. The molecule has 3 heteroatoms. The van der Waals surface area contributed by atoms with Gasteiger partial charge in [0.25, 0.3) is 0 Å². The second-order valence-corrected chi connectivity index (χ2v) is 5.86. The van der Waals surface area contributed by atoms with E-state index < -0.39 is 0 Å². The Hall–Kier alpha value is -2.13. The Bertz CT molecular complexity index is 639. The molecule has 0 aromatic heterocycles. The van der Waals surface area contributed by atoms with Crippen LogP contribution in [0.5, 0.6) is 0 Å². The number of carbonyl (C=O) groups excluding carboxylic acids is 1. The second kappa shape index (κ2) is 6.75. The summed E-state index contributed by atoms with van der Waals surface area (Å²) in [6, 6.07) is 18.7. The SMILES string of the molecule is CC1Cc2ccccc2N1C(=O)CCNCc1ccccc1. The van der Waals surface area contributed by atoms with Crippen LogP contribution in [0.25, 0.3) is 0 Å². The van der Waals surface area contributed by atoms with Crippen LogP contribution in [0.1, 0.15) is 24.5 Å². The van der Waals surface area contributed by atoms with Crippen LogP contribution in [0.2, 0.25) is 0 Å². The molecule has 1 aliphatic rings. The zero-order valence-corrected chi connectivity index (χ0v) is 13.0. The molecule has 0 saturated heterocycles. The Morgan fingerprint density at radius 3 is 2.68 bits per heavy atom. The molecule has 114 valence electrons. The number of carbonyl (C=O) groups is 1. The summed E-state index contributed by atoms with van der Waals surface area (Å²) in [5.74, 6) is 0.206. The molecule has 0 bridgehead atoms. The minimum atomic E-state index is 0.206. The zero-order valence-electron chi connectivity index (χ0n) is 13.0. The van der Waals surface area contributed by atoms with E-state index in [2.05, 4.69) is 30.4 Å². The van der Waals surface area contributed by atoms with Gasteiger partial charge in [0, 0.05) is 31.2 Å². The third-order valence-electron chi connectivity index (χ3n) is 4.16. The maximum absolute atomic E-state index is 12.5. The summed E-state index contributed by atoms with van der Waals surface area (Å²) in [5.41, 5.74) is 3.61. The van der Waals surface area contributed by atoms with E-state index in [1.807, 2.05) is 41.3 Å². The molecule has 3 rings (SSSR count). The minimum absolute atomic E-state index is 0.206. The number of nitrogens with one attached hydrogen (secondary N) is 1. The lowest BCUT2D eigenvalue weighted by Crippen LogP contribution is -2.37. The highest BCUT2D eigenvalue weighted by molar-refractivity contribution is 5.96. The molecule has 2 aromatic rings. The van der Waals surface area contributed by atoms with Gasteiger partial charge in [0.1, 0.15) is 0 Å². The predicted octanol–water partition coefficient (Wildman–Crippen LogP) is 3.14. The molecule has 3 nitrogen and oxygen atoms in total. The summed E-state index contributed by atoms with van der Waals surface area (Å²) in [7, 11) is 0. The lowest BCUT2D eigenvalue weighted by molar-refractivity contribution is -0.118. The summed E-state index contributed by atoms with van der Waals surface area (Å²) < 4.78 is 0. The number of nitrogens with zero attached hydrogens (tertiary/aromatic N) is 1. The van der Waals surface area contributed by atoms with Gasteiger partial charge in [0.15, 0.2) is 0 Å². The van der Waals surface area contributed by atoms with E-state index in [1.165, 1.54) is 11.1 Å². The Labute approximate surface area is 132 Å². The van der Waals surface area contributed by atoms with Crippen LogP contribution in [0, 0.1) is 0 Å². The normalized spacial score (nSPS) is 16.6. The highest BCUT2D eigenvalue weighted by Crippen LogP contribution is 2.32. The first-order chi connectivity index (χ1) is 10.8. The van der Waals surface area contributed by atoms with Crippen molar-refractivity contribution in [2.75, 3.05) is 11.4 Å². The fourth-order valence-electron chi connectivity index (χ4n) is 3.09. The van der Waals surface area contributed by atoms with Crippen molar-refractivity contribution >= 4 is 11.6 Å². The Kier molecular flexibility index (Phi) is 4.54. The van der Waals surface area contributed by atoms with Crippen molar-refractivity contribution in [3.63, 3.8) is 0 Å². The molecule has 1 N–H and O–H groups in total. The van der Waals surface area contributed by atoms with E-state index in [1.54, 1.807) is 0 Å². The summed E-state index contributed by atoms with van der Waals surface area (Å²) in [4.78, 5) is 14.5. The third-order valence-corrected chi connectivity index (χ3v) is 4.16. The third kappa shape index (κ3) is 3.20. The molecule has 1 atom stereocenters. The molecular formula is C19H22N2O. The molecule has 1 unspecified atom stereocenters. The second-order valence-electron chi connectivity index (χ2n) is 5.86. The highest BCUT2D eigenvalue weighted by Gasteiger charge is 2.29. The van der Waals surface area contributed by atoms with Gasteiger partial charge in [-0.15, -0.1) is 0 Å². The van der Waals surface area contributed by atoms with E-state index in [4.69, 9.17) is 0 Å². The van der Waals surface area contributed by atoms with Crippen molar-refractivity contribution in [3.8, 4) is 0 Å². The first kappa shape index (κ1) is 14.8. The van der Waals surface area contributed by atoms with Gasteiger partial charge in [-0.05, 0) is 30.5 Å². The minimum Gasteiger partial charge on any atom is -0.312 e. The molecule has 0 aliphatic carbocycles. The van der Waals surface area contributed by atoms with Gasteiger partial charge in [0.2, 0.25) is 5.91 Å². The van der Waals surface area contributed by atoms with Crippen molar-refractivity contribution in [2.24, 2.45) is 0 Å². The lowest BCUT2D eigenvalue weighted by Gasteiger charge is -2.22. The van der Waals surface area contributed by atoms with Crippen LogP contribution in [0.15, 0.2) is 54.6 Å². The summed E-state index contributed by atoms with van der Waals surface area (Å²) in [5, 5.41) is 3.35. The number of amides is 1. The summed E-state index contributed by atoms with van der Waals surface area (Å²) in [6.45, 7) is 3.63. The van der Waals surface area contributed by atoms with Gasteiger partial charge < -0.3 is 10.2 Å². The predicted molar refractivity (Wildman–Crippen MR) is 89.9 cm³/mol. The van der Waals surface area contributed by atoms with Gasteiger partial charge in [-0.2, -0.15) is 0 Å². The first-order valence-electron chi connectivity index (χ1n) is 7.90. The van der Waals surface area contributed by atoms with Crippen LogP contribution in [-0.2, 0) is 17.8 Å². The standard InChI is InChI=1S/C19H22N2O/c1-15-13-17-9-5-6-10-18(17)21(15)19(22)11-12-20-14-16-7-3-2-4-8-16/h2-10,15,20H,11-14H2,1H3. The van der Waals surface area contributed by atoms with E-state index in [0.29, 0.717) is 13.0 Å². The number of benzene rings is 2. The van der Waals surface area contributed by atoms with Crippen LogP contribution >= 0.6 is 0 Å². The zero-order chi connectivity index (χ0) is 15.4. The van der Waals surface area contributed by atoms with Crippen LogP contribution in [0.4, 0.5) is 5.69 Å². The number of anilines is 1.